The van der Waals surface area contributed by atoms with Crippen LogP contribution in [0.5, 0.6) is 5.88 Å². The van der Waals surface area contributed by atoms with Crippen molar-refractivity contribution in [1.29, 1.82) is 0 Å². The van der Waals surface area contributed by atoms with E-state index in [1.165, 1.54) is 19.3 Å². The van der Waals surface area contributed by atoms with Gasteiger partial charge in [-0.15, -0.1) is 0 Å². The number of anilines is 1. The van der Waals surface area contributed by atoms with Gasteiger partial charge in [0.2, 0.25) is 11.8 Å². The summed E-state index contributed by atoms with van der Waals surface area (Å²) in [5.74, 6) is 1.42. The second-order valence-corrected chi connectivity index (χ2v) is 4.55. The molecule has 1 saturated heterocycles. The molecule has 5 nitrogen and oxygen atoms in total. The molecule has 18 heavy (non-hydrogen) atoms. The molecular weight excluding hydrogens is 228 g/mol. The number of piperidine rings is 1. The third kappa shape index (κ3) is 3.10. The van der Waals surface area contributed by atoms with E-state index in [0.29, 0.717) is 11.9 Å². The molecule has 2 heterocycles. The molecule has 5 heteroatoms. The lowest BCUT2D eigenvalue weighted by Crippen LogP contribution is -2.46. The van der Waals surface area contributed by atoms with Gasteiger partial charge in [0.05, 0.1) is 7.11 Å². The fraction of sp³-hybridized carbons (Fsp3) is 0.692. The molecule has 1 aliphatic rings. The average Bonchev–Trinajstić information content (AvgIpc) is 2.45. The fourth-order valence-electron chi connectivity index (χ4n) is 2.37. The second kappa shape index (κ2) is 6.54. The Labute approximate surface area is 109 Å². The van der Waals surface area contributed by atoms with E-state index < -0.39 is 0 Å². The van der Waals surface area contributed by atoms with Gasteiger partial charge in [-0.25, -0.2) is 4.98 Å². The predicted octanol–water partition coefficient (Wildman–Crippen LogP) is 1.45. The zero-order valence-corrected chi connectivity index (χ0v) is 11.2. The summed E-state index contributed by atoms with van der Waals surface area (Å²) in [4.78, 5) is 11.1. The van der Waals surface area contributed by atoms with Crippen molar-refractivity contribution in [2.24, 2.45) is 0 Å². The first-order chi connectivity index (χ1) is 8.85. The third-order valence-electron chi connectivity index (χ3n) is 3.34. The molecule has 1 aromatic heterocycles. The molecule has 0 amide bonds. The van der Waals surface area contributed by atoms with Crippen molar-refractivity contribution in [3.05, 3.63) is 12.3 Å². The van der Waals surface area contributed by atoms with Gasteiger partial charge in [-0.1, -0.05) is 6.92 Å². The quantitative estimate of drug-likeness (QED) is 0.857. The Kier molecular flexibility index (Phi) is 4.75. The van der Waals surface area contributed by atoms with Gasteiger partial charge in [-0.2, -0.15) is 4.98 Å². The molecule has 2 rings (SSSR count). The van der Waals surface area contributed by atoms with E-state index in [9.17, 15) is 0 Å². The fourth-order valence-corrected chi connectivity index (χ4v) is 2.37. The Balaban J connectivity index is 2.11. The second-order valence-electron chi connectivity index (χ2n) is 4.55. The number of hydrogen-bond acceptors (Lipinski definition) is 5. The van der Waals surface area contributed by atoms with Crippen LogP contribution in [0.25, 0.3) is 0 Å². The number of nitrogens with zero attached hydrogens (tertiary/aromatic N) is 3. The zero-order valence-electron chi connectivity index (χ0n) is 11.2. The summed E-state index contributed by atoms with van der Waals surface area (Å²) in [6.45, 7) is 5.17. The van der Waals surface area contributed by atoms with E-state index in [4.69, 9.17) is 4.74 Å². The Morgan fingerprint density at radius 1 is 1.50 bits per heavy atom. The van der Waals surface area contributed by atoms with Crippen molar-refractivity contribution in [1.82, 2.24) is 15.3 Å². The summed E-state index contributed by atoms with van der Waals surface area (Å²) >= 11 is 0. The zero-order chi connectivity index (χ0) is 12.8. The molecule has 1 atom stereocenters. The van der Waals surface area contributed by atoms with Crippen molar-refractivity contribution in [2.45, 2.75) is 32.2 Å². The van der Waals surface area contributed by atoms with Crippen LogP contribution in [0.4, 0.5) is 5.95 Å². The first-order valence-electron chi connectivity index (χ1n) is 6.69. The highest BCUT2D eigenvalue weighted by molar-refractivity contribution is 5.34. The Morgan fingerprint density at radius 2 is 2.39 bits per heavy atom. The molecule has 1 unspecified atom stereocenters. The van der Waals surface area contributed by atoms with Crippen molar-refractivity contribution < 1.29 is 4.74 Å². The highest BCUT2D eigenvalue weighted by Crippen LogP contribution is 2.22. The molecular formula is C13H22N4O. The molecule has 0 spiro atoms. The number of nitrogens with one attached hydrogen (secondary N) is 1. The van der Waals surface area contributed by atoms with Crippen LogP contribution in [0, 0.1) is 0 Å². The largest absolute Gasteiger partial charge is 0.481 e. The third-order valence-corrected chi connectivity index (χ3v) is 3.34. The number of hydrogen-bond donors (Lipinski definition) is 1. The Hall–Kier alpha value is -1.36. The minimum atomic E-state index is 0.491. The van der Waals surface area contributed by atoms with Crippen LogP contribution in [0.1, 0.15) is 26.2 Å². The summed E-state index contributed by atoms with van der Waals surface area (Å²) in [7, 11) is 1.64. The van der Waals surface area contributed by atoms with Crippen LogP contribution in [0.3, 0.4) is 0 Å². The van der Waals surface area contributed by atoms with Crippen LogP contribution in [-0.4, -0.2) is 42.8 Å². The lowest BCUT2D eigenvalue weighted by Gasteiger charge is -2.35. The molecule has 1 fully saturated rings. The molecule has 1 aromatic rings. The summed E-state index contributed by atoms with van der Waals surface area (Å²) < 4.78 is 5.17. The topological polar surface area (TPSA) is 50.3 Å². The Morgan fingerprint density at radius 3 is 3.17 bits per heavy atom. The van der Waals surface area contributed by atoms with E-state index in [1.54, 1.807) is 19.4 Å². The lowest BCUT2D eigenvalue weighted by atomic mass is 10.0. The van der Waals surface area contributed by atoms with Crippen molar-refractivity contribution >= 4 is 5.95 Å². The van der Waals surface area contributed by atoms with Gasteiger partial charge in [0.15, 0.2) is 0 Å². The van der Waals surface area contributed by atoms with Gasteiger partial charge in [-0.3, -0.25) is 0 Å². The van der Waals surface area contributed by atoms with Gasteiger partial charge in [0.25, 0.3) is 0 Å². The summed E-state index contributed by atoms with van der Waals surface area (Å²) in [5.41, 5.74) is 0. The van der Waals surface area contributed by atoms with E-state index >= 15 is 0 Å². The molecule has 0 saturated carbocycles. The van der Waals surface area contributed by atoms with Crippen LogP contribution >= 0.6 is 0 Å². The monoisotopic (exact) mass is 250 g/mol. The number of rotatable bonds is 5. The number of methoxy groups -OCH3 is 1. The summed E-state index contributed by atoms with van der Waals surface area (Å²) in [6, 6.07) is 2.28. The maximum Gasteiger partial charge on any atom is 0.228 e. The first-order valence-corrected chi connectivity index (χ1v) is 6.69. The van der Waals surface area contributed by atoms with Gasteiger partial charge in [0, 0.05) is 31.4 Å². The van der Waals surface area contributed by atoms with Crippen molar-refractivity contribution in [3.63, 3.8) is 0 Å². The summed E-state index contributed by atoms with van der Waals surface area (Å²) in [6.07, 6.45) is 5.47. The predicted molar refractivity (Wildman–Crippen MR) is 72.1 cm³/mol. The van der Waals surface area contributed by atoms with Crippen molar-refractivity contribution in [2.75, 3.05) is 31.6 Å². The van der Waals surface area contributed by atoms with Crippen molar-refractivity contribution in [3.8, 4) is 5.88 Å². The molecule has 1 aliphatic heterocycles. The molecule has 0 aliphatic carbocycles. The SMILES string of the molecule is CCNCC1CCCCN1c1nccc(OC)n1. The average molecular weight is 250 g/mol. The Bertz CT molecular complexity index is 372. The van der Waals surface area contributed by atoms with Gasteiger partial charge >= 0.3 is 0 Å². The first kappa shape index (κ1) is 13.1. The highest BCUT2D eigenvalue weighted by atomic mass is 16.5. The van der Waals surface area contributed by atoms with Crippen LogP contribution < -0.4 is 15.0 Å². The normalized spacial score (nSPS) is 19.9. The summed E-state index contributed by atoms with van der Waals surface area (Å²) in [5, 5.41) is 3.42. The van der Waals surface area contributed by atoms with Crippen LogP contribution in [0.15, 0.2) is 12.3 Å². The minimum absolute atomic E-state index is 0.491. The molecule has 1 N–H and O–H groups in total. The van der Waals surface area contributed by atoms with E-state index in [1.807, 2.05) is 0 Å². The van der Waals surface area contributed by atoms with Gasteiger partial charge in [-0.05, 0) is 25.8 Å². The minimum Gasteiger partial charge on any atom is -0.481 e. The molecule has 0 aromatic carbocycles. The maximum atomic E-state index is 5.17. The molecule has 0 radical (unpaired) electrons. The standard InChI is InChI=1S/C13H22N4O/c1-3-14-10-11-6-4-5-9-17(11)13-15-8-7-12(16-13)18-2/h7-8,11,14H,3-6,9-10H2,1-2H3. The number of likely N-dealkylation sites (N-methyl/N-ethyl adjacent to an activating group) is 1. The van der Waals surface area contributed by atoms with E-state index in [2.05, 4.69) is 27.1 Å². The van der Waals surface area contributed by atoms with Crippen LogP contribution in [-0.2, 0) is 0 Å². The van der Waals surface area contributed by atoms with E-state index in [0.717, 1.165) is 25.6 Å². The maximum absolute atomic E-state index is 5.17. The number of ether oxygens (including phenoxy) is 1. The van der Waals surface area contributed by atoms with E-state index in [-0.39, 0.29) is 0 Å². The lowest BCUT2D eigenvalue weighted by molar-refractivity contribution is 0.391. The molecule has 0 bridgehead atoms. The molecule has 100 valence electrons. The van der Waals surface area contributed by atoms with Gasteiger partial charge < -0.3 is 15.0 Å². The highest BCUT2D eigenvalue weighted by Gasteiger charge is 2.24. The number of aromatic nitrogens is 2. The van der Waals surface area contributed by atoms with Gasteiger partial charge in [0.1, 0.15) is 0 Å². The van der Waals surface area contributed by atoms with Crippen LogP contribution in [0.2, 0.25) is 0 Å². The smallest absolute Gasteiger partial charge is 0.228 e.